The number of likely N-dealkylation sites (tertiary alicyclic amines) is 1. The van der Waals surface area contributed by atoms with Gasteiger partial charge in [-0.05, 0) is 92.8 Å². The van der Waals surface area contributed by atoms with Crippen LogP contribution in [0.4, 0.5) is 0 Å². The third-order valence-electron chi connectivity index (χ3n) is 9.62. The van der Waals surface area contributed by atoms with Crippen LogP contribution in [-0.4, -0.2) is 41.7 Å². The summed E-state index contributed by atoms with van der Waals surface area (Å²) in [6.45, 7) is 3.82. The smallest absolute Gasteiger partial charge is 0.119 e. The highest BCUT2D eigenvalue weighted by Crippen LogP contribution is 2.75. The number of phenolic OH excluding ortho intramolecular Hbond substituents is 1. The van der Waals surface area contributed by atoms with Crippen molar-refractivity contribution in [1.29, 1.82) is 0 Å². The minimum absolute atomic E-state index is 0.244. The van der Waals surface area contributed by atoms with Crippen molar-refractivity contribution in [3.05, 3.63) is 29.3 Å². The molecule has 4 bridgehead atoms. The molecule has 7 rings (SSSR count). The van der Waals surface area contributed by atoms with Gasteiger partial charge in [-0.25, -0.2) is 0 Å². The van der Waals surface area contributed by atoms with Gasteiger partial charge in [0.25, 0.3) is 0 Å². The SMILES string of the molecule is Oc1cccc2c1C13CCN(CC4CC4)C(C2)C12CCC1NC[C@@H](C2)C13. The second-order valence-electron chi connectivity index (χ2n) is 10.4. The molecule has 2 aliphatic heterocycles. The number of fused-ring (bicyclic) bond motifs is 1. The first-order valence-corrected chi connectivity index (χ1v) is 11.0. The first kappa shape index (κ1) is 14.9. The van der Waals surface area contributed by atoms with Gasteiger partial charge in [-0.2, -0.15) is 0 Å². The van der Waals surface area contributed by atoms with Crippen LogP contribution in [0.2, 0.25) is 0 Å². The lowest BCUT2D eigenvalue weighted by Crippen LogP contribution is -2.69. The highest BCUT2D eigenvalue weighted by molar-refractivity contribution is 5.54. The van der Waals surface area contributed by atoms with Gasteiger partial charge in [-0.3, -0.25) is 4.90 Å². The summed E-state index contributed by atoms with van der Waals surface area (Å²) in [6.07, 6.45) is 9.50. The second-order valence-corrected chi connectivity index (χ2v) is 10.4. The van der Waals surface area contributed by atoms with Gasteiger partial charge in [-0.15, -0.1) is 0 Å². The highest BCUT2D eigenvalue weighted by atomic mass is 16.3. The molecule has 26 heavy (non-hydrogen) atoms. The summed E-state index contributed by atoms with van der Waals surface area (Å²) in [5.41, 5.74) is 3.54. The average Bonchev–Trinajstić information content (AvgIpc) is 3.29. The third-order valence-corrected chi connectivity index (χ3v) is 9.62. The molecule has 0 spiro atoms. The molecule has 0 aromatic heterocycles. The Balaban J connectivity index is 1.47. The van der Waals surface area contributed by atoms with Gasteiger partial charge >= 0.3 is 0 Å². The predicted molar refractivity (Wildman–Crippen MR) is 101 cm³/mol. The first-order valence-electron chi connectivity index (χ1n) is 11.0. The van der Waals surface area contributed by atoms with Crippen LogP contribution in [-0.2, 0) is 11.8 Å². The number of rotatable bonds is 2. The number of nitrogens with one attached hydrogen (secondary N) is 1. The van der Waals surface area contributed by atoms with Gasteiger partial charge in [0.15, 0.2) is 0 Å². The molecular formula is C23H30N2O. The Morgan fingerprint density at radius 2 is 2.12 bits per heavy atom. The molecule has 4 aliphatic carbocycles. The fraction of sp³-hybridized carbons (Fsp3) is 0.739. The van der Waals surface area contributed by atoms with E-state index < -0.39 is 0 Å². The zero-order chi connectivity index (χ0) is 17.1. The summed E-state index contributed by atoms with van der Waals surface area (Å²) >= 11 is 0. The summed E-state index contributed by atoms with van der Waals surface area (Å²) in [7, 11) is 0. The normalized spacial score (nSPS) is 48.3. The second kappa shape index (κ2) is 4.67. The van der Waals surface area contributed by atoms with Crippen LogP contribution in [0.1, 0.15) is 49.7 Å². The topological polar surface area (TPSA) is 35.5 Å². The summed E-state index contributed by atoms with van der Waals surface area (Å²) < 4.78 is 0. The Morgan fingerprint density at radius 3 is 3.00 bits per heavy atom. The molecule has 2 heterocycles. The molecular weight excluding hydrogens is 320 g/mol. The van der Waals surface area contributed by atoms with Crippen molar-refractivity contribution in [2.75, 3.05) is 19.6 Å². The van der Waals surface area contributed by atoms with E-state index in [9.17, 15) is 5.11 Å². The van der Waals surface area contributed by atoms with Crippen LogP contribution in [0, 0.1) is 23.2 Å². The largest absolute Gasteiger partial charge is 0.508 e. The molecule has 3 nitrogen and oxygen atoms in total. The molecule has 2 N–H and O–H groups in total. The maximum absolute atomic E-state index is 11.0. The third kappa shape index (κ3) is 1.53. The monoisotopic (exact) mass is 350 g/mol. The van der Waals surface area contributed by atoms with Gasteiger partial charge in [-0.1, -0.05) is 12.1 Å². The van der Waals surface area contributed by atoms with Gasteiger partial charge in [0, 0.05) is 29.6 Å². The minimum atomic E-state index is 0.244. The number of piperidine rings is 1. The van der Waals surface area contributed by atoms with Crippen molar-refractivity contribution in [2.24, 2.45) is 23.2 Å². The van der Waals surface area contributed by atoms with E-state index in [-0.39, 0.29) is 5.41 Å². The van der Waals surface area contributed by atoms with Crippen molar-refractivity contribution in [3.63, 3.8) is 0 Å². The van der Waals surface area contributed by atoms with Gasteiger partial charge in [0.1, 0.15) is 5.75 Å². The fourth-order valence-corrected chi connectivity index (χ4v) is 8.87. The minimum Gasteiger partial charge on any atom is -0.508 e. The molecule has 0 radical (unpaired) electrons. The lowest BCUT2D eigenvalue weighted by Gasteiger charge is -2.66. The predicted octanol–water partition coefficient (Wildman–Crippen LogP) is 3.06. The van der Waals surface area contributed by atoms with Crippen LogP contribution in [0.25, 0.3) is 0 Å². The summed E-state index contributed by atoms with van der Waals surface area (Å²) in [4.78, 5) is 2.91. The number of phenols is 1. The lowest BCUT2D eigenvalue weighted by molar-refractivity contribution is -0.0948. The Morgan fingerprint density at radius 1 is 1.19 bits per heavy atom. The van der Waals surface area contributed by atoms with E-state index in [0.29, 0.717) is 17.2 Å². The molecule has 1 aromatic rings. The van der Waals surface area contributed by atoms with Gasteiger partial charge < -0.3 is 10.4 Å². The summed E-state index contributed by atoms with van der Waals surface area (Å²) in [5, 5.41) is 14.9. The number of hydrogen-bond donors (Lipinski definition) is 2. The lowest BCUT2D eigenvalue weighted by atomic mass is 9.43. The van der Waals surface area contributed by atoms with E-state index in [1.165, 1.54) is 75.7 Å². The molecule has 6 atom stereocenters. The Hall–Kier alpha value is -1.06. The average molecular weight is 351 g/mol. The van der Waals surface area contributed by atoms with E-state index in [0.717, 1.165) is 23.8 Å². The Kier molecular flexibility index (Phi) is 2.68. The number of hydrogen-bond acceptors (Lipinski definition) is 3. The molecule has 138 valence electrons. The Bertz CT molecular complexity index is 788. The molecule has 5 fully saturated rings. The van der Waals surface area contributed by atoms with Crippen LogP contribution < -0.4 is 5.32 Å². The Labute approximate surface area is 156 Å². The summed E-state index contributed by atoms with van der Waals surface area (Å²) in [5.74, 6) is 3.17. The molecule has 3 heteroatoms. The van der Waals surface area contributed by atoms with Crippen molar-refractivity contribution in [1.82, 2.24) is 10.2 Å². The van der Waals surface area contributed by atoms with Gasteiger partial charge in [0.05, 0.1) is 0 Å². The van der Waals surface area contributed by atoms with Crippen LogP contribution in [0.3, 0.4) is 0 Å². The van der Waals surface area contributed by atoms with Crippen LogP contribution in [0.5, 0.6) is 5.75 Å². The van der Waals surface area contributed by atoms with E-state index >= 15 is 0 Å². The summed E-state index contributed by atoms with van der Waals surface area (Å²) in [6, 6.07) is 7.80. The standard InChI is InChI=1S/C23H30N2O/c26-18-3-1-2-15-10-19-22-7-6-17-20(16(11-22)12-24-17)23(22,21(15)18)8-9-25(19)13-14-4-5-14/h1-3,14,16-17,19-20,24,26H,4-13H2/t16-,17?,19?,20?,22?,23?/m1/s1. The van der Waals surface area contributed by atoms with E-state index in [4.69, 9.17) is 0 Å². The quantitative estimate of drug-likeness (QED) is 0.860. The van der Waals surface area contributed by atoms with E-state index in [2.05, 4.69) is 22.3 Å². The fourth-order valence-electron chi connectivity index (χ4n) is 8.87. The molecule has 5 unspecified atom stereocenters. The maximum atomic E-state index is 11.0. The van der Waals surface area contributed by atoms with Crippen molar-refractivity contribution in [2.45, 2.75) is 62.4 Å². The van der Waals surface area contributed by atoms with Crippen LogP contribution >= 0.6 is 0 Å². The number of nitrogens with zero attached hydrogens (tertiary/aromatic N) is 1. The van der Waals surface area contributed by atoms with Gasteiger partial charge in [0.2, 0.25) is 0 Å². The zero-order valence-electron chi connectivity index (χ0n) is 15.6. The molecule has 1 aromatic carbocycles. The van der Waals surface area contributed by atoms with Crippen molar-refractivity contribution < 1.29 is 5.11 Å². The molecule has 3 saturated carbocycles. The molecule has 6 aliphatic rings. The first-order chi connectivity index (χ1) is 12.7. The zero-order valence-corrected chi connectivity index (χ0v) is 15.6. The maximum Gasteiger partial charge on any atom is 0.119 e. The van der Waals surface area contributed by atoms with E-state index in [1.54, 1.807) is 0 Å². The number of aromatic hydroxyl groups is 1. The van der Waals surface area contributed by atoms with Crippen molar-refractivity contribution in [3.8, 4) is 5.75 Å². The van der Waals surface area contributed by atoms with E-state index in [1.807, 2.05) is 6.07 Å². The molecule has 0 amide bonds. The number of benzene rings is 1. The molecule has 2 saturated heterocycles. The van der Waals surface area contributed by atoms with Crippen molar-refractivity contribution >= 4 is 0 Å². The van der Waals surface area contributed by atoms with Crippen LogP contribution in [0.15, 0.2) is 18.2 Å². The highest BCUT2D eigenvalue weighted by Gasteiger charge is 2.75.